The Morgan fingerprint density at radius 2 is 2.00 bits per heavy atom. The summed E-state index contributed by atoms with van der Waals surface area (Å²) < 4.78 is 6.98. The number of anilines is 1. The van der Waals surface area contributed by atoms with Crippen molar-refractivity contribution in [2.45, 2.75) is 63.5 Å². The molecule has 0 atom stereocenters. The first kappa shape index (κ1) is 14.5. The molecule has 2 aromatic rings. The van der Waals surface area contributed by atoms with E-state index in [4.69, 9.17) is 9.52 Å². The molecule has 2 heterocycles. The fourth-order valence-corrected chi connectivity index (χ4v) is 3.77. The summed E-state index contributed by atoms with van der Waals surface area (Å²) in [5.74, 6) is 0. The van der Waals surface area contributed by atoms with Gasteiger partial charge in [-0.15, -0.1) is 0 Å². The first-order chi connectivity index (χ1) is 11.3. The van der Waals surface area contributed by atoms with Crippen molar-refractivity contribution in [1.29, 1.82) is 0 Å². The van der Waals surface area contributed by atoms with Gasteiger partial charge in [0.15, 0.2) is 0 Å². The molecule has 0 amide bonds. The number of nitrogens with one attached hydrogen (secondary N) is 1. The lowest BCUT2D eigenvalue weighted by molar-refractivity contribution is 0.298. The van der Waals surface area contributed by atoms with Crippen molar-refractivity contribution in [3.63, 3.8) is 0 Å². The molecular formula is C17H22N4O2. The second-order valence-electron chi connectivity index (χ2n) is 6.59. The maximum atomic E-state index is 12.4. The Hall–Kier alpha value is -2.11. The zero-order chi connectivity index (χ0) is 15.6. The minimum atomic E-state index is 0.0646. The van der Waals surface area contributed by atoms with Gasteiger partial charge in [0, 0.05) is 12.1 Å². The van der Waals surface area contributed by atoms with E-state index in [1.165, 1.54) is 12.8 Å². The highest BCUT2D eigenvalue weighted by Crippen LogP contribution is 2.29. The zero-order valence-corrected chi connectivity index (χ0v) is 13.2. The zero-order valence-electron chi connectivity index (χ0n) is 13.2. The lowest BCUT2D eigenvalue weighted by Crippen LogP contribution is -2.34. The number of aryl methyl sites for hydroxylation is 2. The summed E-state index contributed by atoms with van der Waals surface area (Å²) in [5.41, 5.74) is 2.36. The predicted molar refractivity (Wildman–Crippen MR) is 86.6 cm³/mol. The van der Waals surface area contributed by atoms with Crippen molar-refractivity contribution in [3.8, 4) is 0 Å². The van der Waals surface area contributed by atoms with Crippen LogP contribution < -0.4 is 10.9 Å². The molecule has 1 saturated carbocycles. The quantitative estimate of drug-likeness (QED) is 0.943. The number of hydrogen-bond donors (Lipinski definition) is 1. The number of fused-ring (bicyclic) bond motifs is 1. The molecular weight excluding hydrogens is 292 g/mol. The number of aromatic nitrogens is 3. The van der Waals surface area contributed by atoms with Crippen molar-refractivity contribution in [3.05, 3.63) is 40.1 Å². The van der Waals surface area contributed by atoms with Gasteiger partial charge >= 0.3 is 0 Å². The molecule has 4 rings (SSSR count). The Balaban J connectivity index is 1.45. The van der Waals surface area contributed by atoms with E-state index in [0.717, 1.165) is 49.8 Å². The Morgan fingerprint density at radius 1 is 1.17 bits per heavy atom. The standard InChI is InChI=1S/C17H22N4O2/c22-16-11-12-3-1-2-4-15(12)20-21(16)14-7-5-13(6-8-14)19-17-18-9-10-23-17/h9-11,13-14H,1-8H2,(H,18,19). The van der Waals surface area contributed by atoms with E-state index in [1.54, 1.807) is 17.1 Å². The van der Waals surface area contributed by atoms with Crippen molar-refractivity contribution in [2.24, 2.45) is 0 Å². The van der Waals surface area contributed by atoms with Gasteiger partial charge in [-0.1, -0.05) is 0 Å². The molecule has 23 heavy (non-hydrogen) atoms. The molecule has 6 heteroatoms. The second kappa shape index (κ2) is 6.18. The third-order valence-corrected chi connectivity index (χ3v) is 5.03. The number of rotatable bonds is 3. The van der Waals surface area contributed by atoms with Crippen LogP contribution in [0.4, 0.5) is 6.01 Å². The molecule has 0 unspecified atom stereocenters. The first-order valence-electron chi connectivity index (χ1n) is 8.57. The van der Waals surface area contributed by atoms with Gasteiger partial charge in [-0.05, 0) is 56.9 Å². The Kier molecular flexibility index (Phi) is 3.89. The van der Waals surface area contributed by atoms with E-state index in [1.807, 2.05) is 6.07 Å². The molecule has 0 saturated heterocycles. The lowest BCUT2D eigenvalue weighted by atomic mass is 9.91. The molecule has 0 bridgehead atoms. The van der Waals surface area contributed by atoms with Crippen LogP contribution in [0, 0.1) is 0 Å². The van der Waals surface area contributed by atoms with Crippen LogP contribution in [-0.2, 0) is 12.8 Å². The normalized spacial score (nSPS) is 24.2. The molecule has 1 N–H and O–H groups in total. The average Bonchev–Trinajstić information content (AvgIpc) is 3.08. The van der Waals surface area contributed by atoms with E-state index in [2.05, 4.69) is 10.3 Å². The number of oxazole rings is 1. The van der Waals surface area contributed by atoms with Crippen LogP contribution in [0.25, 0.3) is 0 Å². The molecule has 2 aromatic heterocycles. The fraction of sp³-hybridized carbons (Fsp3) is 0.588. The van der Waals surface area contributed by atoms with Gasteiger partial charge in [0.1, 0.15) is 6.26 Å². The topological polar surface area (TPSA) is 73.0 Å². The molecule has 122 valence electrons. The molecule has 0 aromatic carbocycles. The van der Waals surface area contributed by atoms with E-state index < -0.39 is 0 Å². The van der Waals surface area contributed by atoms with Crippen molar-refractivity contribution in [1.82, 2.24) is 14.8 Å². The number of nitrogens with zero attached hydrogens (tertiary/aromatic N) is 3. The van der Waals surface area contributed by atoms with Gasteiger partial charge in [0.25, 0.3) is 11.6 Å². The smallest absolute Gasteiger partial charge is 0.294 e. The van der Waals surface area contributed by atoms with Gasteiger partial charge < -0.3 is 9.73 Å². The monoisotopic (exact) mass is 314 g/mol. The maximum absolute atomic E-state index is 12.4. The Labute approximate surface area is 134 Å². The Bertz CT molecular complexity index is 715. The van der Waals surface area contributed by atoms with E-state index in [9.17, 15) is 4.79 Å². The van der Waals surface area contributed by atoms with Crippen LogP contribution in [0.1, 0.15) is 55.8 Å². The second-order valence-corrected chi connectivity index (χ2v) is 6.59. The SMILES string of the molecule is O=c1cc2c(nn1C1CCC(Nc3ncco3)CC1)CCCC2. The minimum absolute atomic E-state index is 0.0646. The fourth-order valence-electron chi connectivity index (χ4n) is 3.77. The van der Waals surface area contributed by atoms with Crippen molar-refractivity contribution >= 4 is 6.01 Å². The molecule has 0 radical (unpaired) electrons. The van der Waals surface area contributed by atoms with Crippen LogP contribution in [-0.4, -0.2) is 20.8 Å². The largest absolute Gasteiger partial charge is 0.432 e. The van der Waals surface area contributed by atoms with Gasteiger partial charge in [0.2, 0.25) is 0 Å². The summed E-state index contributed by atoms with van der Waals surface area (Å²) in [6.45, 7) is 0. The van der Waals surface area contributed by atoms with Gasteiger partial charge in [-0.25, -0.2) is 9.67 Å². The summed E-state index contributed by atoms with van der Waals surface area (Å²) in [5, 5.41) is 8.00. The summed E-state index contributed by atoms with van der Waals surface area (Å²) in [6.07, 6.45) is 11.5. The van der Waals surface area contributed by atoms with Gasteiger partial charge in [-0.3, -0.25) is 4.79 Å². The minimum Gasteiger partial charge on any atom is -0.432 e. The first-order valence-corrected chi connectivity index (χ1v) is 8.57. The Morgan fingerprint density at radius 3 is 2.78 bits per heavy atom. The molecule has 0 aliphatic heterocycles. The van der Waals surface area contributed by atoms with Crippen molar-refractivity contribution in [2.75, 3.05) is 5.32 Å². The van der Waals surface area contributed by atoms with E-state index >= 15 is 0 Å². The third kappa shape index (κ3) is 3.02. The van der Waals surface area contributed by atoms with Gasteiger partial charge in [-0.2, -0.15) is 5.10 Å². The molecule has 6 nitrogen and oxygen atoms in total. The molecule has 2 aliphatic rings. The third-order valence-electron chi connectivity index (χ3n) is 5.03. The number of hydrogen-bond acceptors (Lipinski definition) is 5. The van der Waals surface area contributed by atoms with Crippen LogP contribution in [0.15, 0.2) is 27.7 Å². The summed E-state index contributed by atoms with van der Waals surface area (Å²) in [6, 6.07) is 2.98. The predicted octanol–water partition coefficient (Wildman–Crippen LogP) is 2.71. The lowest BCUT2D eigenvalue weighted by Gasteiger charge is -2.29. The summed E-state index contributed by atoms with van der Waals surface area (Å²) in [7, 11) is 0. The molecule has 0 spiro atoms. The van der Waals surface area contributed by atoms with Gasteiger partial charge in [0.05, 0.1) is 17.9 Å². The van der Waals surface area contributed by atoms with Crippen LogP contribution in [0.5, 0.6) is 0 Å². The highest BCUT2D eigenvalue weighted by molar-refractivity contribution is 5.21. The van der Waals surface area contributed by atoms with Crippen LogP contribution in [0.2, 0.25) is 0 Å². The highest BCUT2D eigenvalue weighted by atomic mass is 16.4. The van der Waals surface area contributed by atoms with E-state index in [-0.39, 0.29) is 11.6 Å². The average molecular weight is 314 g/mol. The van der Waals surface area contributed by atoms with Crippen LogP contribution in [0.3, 0.4) is 0 Å². The van der Waals surface area contributed by atoms with Crippen LogP contribution >= 0.6 is 0 Å². The van der Waals surface area contributed by atoms with Crippen molar-refractivity contribution < 1.29 is 4.42 Å². The maximum Gasteiger partial charge on any atom is 0.294 e. The highest BCUT2D eigenvalue weighted by Gasteiger charge is 2.25. The molecule has 2 aliphatic carbocycles. The molecule has 1 fully saturated rings. The summed E-state index contributed by atoms with van der Waals surface area (Å²) in [4.78, 5) is 16.5. The van der Waals surface area contributed by atoms with E-state index in [0.29, 0.717) is 12.1 Å². The summed E-state index contributed by atoms with van der Waals surface area (Å²) >= 11 is 0.